The van der Waals surface area contributed by atoms with Gasteiger partial charge in [-0.1, -0.05) is 48.5 Å². The minimum absolute atomic E-state index is 0.450. The second kappa shape index (κ2) is 5.99. The topological polar surface area (TPSA) is 26.3 Å². The van der Waals surface area contributed by atoms with Crippen LogP contribution in [0, 0.1) is 0 Å². The molecular formula is C15H17O2P. The average Bonchev–Trinajstić information content (AvgIpc) is 2.41. The molecule has 94 valence electrons. The summed E-state index contributed by atoms with van der Waals surface area (Å²) in [6.07, 6.45) is 0.450. The van der Waals surface area contributed by atoms with Gasteiger partial charge >= 0.3 is 0 Å². The lowest BCUT2D eigenvalue weighted by Gasteiger charge is -2.18. The van der Waals surface area contributed by atoms with Crippen molar-refractivity contribution in [1.29, 1.82) is 0 Å². The highest BCUT2D eigenvalue weighted by atomic mass is 31.2. The normalized spacial score (nSPS) is 14.1. The molecular weight excluding hydrogens is 243 g/mol. The smallest absolute Gasteiger partial charge is 0.236 e. The van der Waals surface area contributed by atoms with Gasteiger partial charge in [0.1, 0.15) is 0 Å². The van der Waals surface area contributed by atoms with Gasteiger partial charge in [-0.2, -0.15) is 0 Å². The van der Waals surface area contributed by atoms with Crippen LogP contribution in [-0.2, 0) is 15.3 Å². The fourth-order valence-electron chi connectivity index (χ4n) is 1.90. The van der Waals surface area contributed by atoms with Crippen LogP contribution in [-0.4, -0.2) is 6.61 Å². The van der Waals surface area contributed by atoms with E-state index in [0.717, 1.165) is 10.9 Å². The zero-order chi connectivity index (χ0) is 12.8. The van der Waals surface area contributed by atoms with Crippen molar-refractivity contribution in [2.24, 2.45) is 0 Å². The zero-order valence-corrected chi connectivity index (χ0v) is 11.3. The predicted molar refractivity (Wildman–Crippen MR) is 75.5 cm³/mol. The number of hydrogen-bond donors (Lipinski definition) is 0. The Labute approximate surface area is 108 Å². The summed E-state index contributed by atoms with van der Waals surface area (Å²) in [6.45, 7) is 2.33. The Balaban J connectivity index is 2.31. The van der Waals surface area contributed by atoms with Gasteiger partial charge in [0.05, 0.1) is 12.8 Å². The molecule has 0 heterocycles. The largest absolute Gasteiger partial charge is 0.325 e. The summed E-state index contributed by atoms with van der Waals surface area (Å²) in [6, 6.07) is 19.3. The molecule has 2 nitrogen and oxygen atoms in total. The Morgan fingerprint density at radius 1 is 0.944 bits per heavy atom. The van der Waals surface area contributed by atoms with Crippen molar-refractivity contribution in [1.82, 2.24) is 0 Å². The third kappa shape index (κ3) is 3.10. The van der Waals surface area contributed by atoms with Crippen molar-refractivity contribution in [3.63, 3.8) is 0 Å². The van der Waals surface area contributed by atoms with Gasteiger partial charge in [0.2, 0.25) is 7.37 Å². The van der Waals surface area contributed by atoms with Gasteiger partial charge in [-0.25, -0.2) is 0 Å². The van der Waals surface area contributed by atoms with E-state index in [1.807, 2.05) is 67.6 Å². The van der Waals surface area contributed by atoms with Crippen LogP contribution in [0.25, 0.3) is 0 Å². The summed E-state index contributed by atoms with van der Waals surface area (Å²) >= 11 is 0. The molecule has 0 bridgehead atoms. The SMILES string of the molecule is CCOP(=O)(Cc1ccccc1)c1ccccc1. The van der Waals surface area contributed by atoms with Crippen molar-refractivity contribution in [2.45, 2.75) is 13.1 Å². The van der Waals surface area contributed by atoms with E-state index in [-0.39, 0.29) is 0 Å². The van der Waals surface area contributed by atoms with Crippen LogP contribution in [0.2, 0.25) is 0 Å². The molecule has 2 aromatic carbocycles. The molecule has 2 rings (SSSR count). The van der Waals surface area contributed by atoms with Crippen LogP contribution in [0.4, 0.5) is 0 Å². The van der Waals surface area contributed by atoms with E-state index in [9.17, 15) is 4.57 Å². The first kappa shape index (κ1) is 13.1. The van der Waals surface area contributed by atoms with Gasteiger partial charge in [0, 0.05) is 5.30 Å². The van der Waals surface area contributed by atoms with Crippen molar-refractivity contribution in [2.75, 3.05) is 6.61 Å². The van der Waals surface area contributed by atoms with E-state index in [0.29, 0.717) is 12.8 Å². The van der Waals surface area contributed by atoms with Crippen LogP contribution < -0.4 is 5.30 Å². The highest BCUT2D eigenvalue weighted by Crippen LogP contribution is 2.48. The molecule has 0 aliphatic carbocycles. The molecule has 0 spiro atoms. The first-order valence-corrected chi connectivity index (χ1v) is 7.89. The van der Waals surface area contributed by atoms with Gasteiger partial charge in [-0.05, 0) is 24.6 Å². The molecule has 0 amide bonds. The Hall–Kier alpha value is -1.37. The van der Waals surface area contributed by atoms with Gasteiger partial charge in [0.25, 0.3) is 0 Å². The van der Waals surface area contributed by atoms with Crippen molar-refractivity contribution in [3.05, 3.63) is 66.2 Å². The number of hydrogen-bond acceptors (Lipinski definition) is 2. The predicted octanol–water partition coefficient (Wildman–Crippen LogP) is 3.83. The minimum atomic E-state index is -2.79. The zero-order valence-electron chi connectivity index (χ0n) is 10.5. The molecule has 2 aromatic rings. The first-order chi connectivity index (χ1) is 8.74. The molecule has 0 saturated heterocycles. The molecule has 0 fully saturated rings. The third-order valence-corrected chi connectivity index (χ3v) is 5.26. The maximum Gasteiger partial charge on any atom is 0.236 e. The lowest BCUT2D eigenvalue weighted by Crippen LogP contribution is -2.09. The molecule has 0 N–H and O–H groups in total. The Morgan fingerprint density at radius 3 is 2.06 bits per heavy atom. The maximum atomic E-state index is 13.0. The summed E-state index contributed by atoms with van der Waals surface area (Å²) in [7, 11) is -2.79. The average molecular weight is 260 g/mol. The summed E-state index contributed by atoms with van der Waals surface area (Å²) in [5.41, 5.74) is 1.04. The van der Waals surface area contributed by atoms with E-state index in [4.69, 9.17) is 4.52 Å². The Morgan fingerprint density at radius 2 is 1.50 bits per heavy atom. The van der Waals surface area contributed by atoms with E-state index < -0.39 is 7.37 Å². The molecule has 0 aliphatic rings. The van der Waals surface area contributed by atoms with Crippen molar-refractivity contribution < 1.29 is 9.09 Å². The standard InChI is InChI=1S/C15H17O2P/c1-2-17-18(16,15-11-7-4-8-12-15)13-14-9-5-3-6-10-14/h3-12H,2,13H2,1H3. The quantitative estimate of drug-likeness (QED) is 0.764. The van der Waals surface area contributed by atoms with E-state index >= 15 is 0 Å². The third-order valence-electron chi connectivity index (χ3n) is 2.72. The van der Waals surface area contributed by atoms with E-state index in [1.165, 1.54) is 0 Å². The molecule has 0 aromatic heterocycles. The lowest BCUT2D eigenvalue weighted by molar-refractivity contribution is 0.340. The van der Waals surface area contributed by atoms with Gasteiger partial charge in [0.15, 0.2) is 0 Å². The van der Waals surface area contributed by atoms with E-state index in [1.54, 1.807) is 0 Å². The summed E-state index contributed by atoms with van der Waals surface area (Å²) in [4.78, 5) is 0. The molecule has 1 atom stereocenters. The highest BCUT2D eigenvalue weighted by Gasteiger charge is 2.25. The second-order valence-corrected chi connectivity index (χ2v) is 6.51. The minimum Gasteiger partial charge on any atom is -0.325 e. The molecule has 18 heavy (non-hydrogen) atoms. The molecule has 1 unspecified atom stereocenters. The Bertz CT molecular complexity index is 523. The maximum absolute atomic E-state index is 13.0. The lowest BCUT2D eigenvalue weighted by atomic mass is 10.2. The molecule has 0 saturated carbocycles. The number of benzene rings is 2. The van der Waals surface area contributed by atoms with Crippen LogP contribution >= 0.6 is 7.37 Å². The highest BCUT2D eigenvalue weighted by molar-refractivity contribution is 7.66. The first-order valence-electron chi connectivity index (χ1n) is 6.08. The molecule has 0 radical (unpaired) electrons. The van der Waals surface area contributed by atoms with Gasteiger partial charge in [-0.15, -0.1) is 0 Å². The van der Waals surface area contributed by atoms with E-state index in [2.05, 4.69) is 0 Å². The fourth-order valence-corrected chi connectivity index (χ4v) is 4.06. The van der Waals surface area contributed by atoms with Crippen LogP contribution in [0.5, 0.6) is 0 Å². The fraction of sp³-hybridized carbons (Fsp3) is 0.200. The van der Waals surface area contributed by atoms with Crippen LogP contribution in [0.3, 0.4) is 0 Å². The molecule has 3 heteroatoms. The molecule has 0 aliphatic heterocycles. The van der Waals surface area contributed by atoms with Crippen LogP contribution in [0.1, 0.15) is 12.5 Å². The van der Waals surface area contributed by atoms with Crippen LogP contribution in [0.15, 0.2) is 60.7 Å². The van der Waals surface area contributed by atoms with Crippen molar-refractivity contribution >= 4 is 12.7 Å². The monoisotopic (exact) mass is 260 g/mol. The summed E-state index contributed by atoms with van der Waals surface area (Å²) < 4.78 is 18.5. The Kier molecular flexibility index (Phi) is 4.35. The second-order valence-electron chi connectivity index (χ2n) is 4.07. The van der Waals surface area contributed by atoms with Crippen molar-refractivity contribution in [3.8, 4) is 0 Å². The summed E-state index contributed by atoms with van der Waals surface area (Å²) in [5.74, 6) is 0. The van der Waals surface area contributed by atoms with Gasteiger partial charge in [-0.3, -0.25) is 4.57 Å². The summed E-state index contributed by atoms with van der Waals surface area (Å²) in [5, 5.41) is 0.788. The number of rotatable bonds is 5. The van der Waals surface area contributed by atoms with Gasteiger partial charge < -0.3 is 4.52 Å².